The van der Waals surface area contributed by atoms with E-state index in [0.717, 1.165) is 16.8 Å². The van der Waals surface area contributed by atoms with Crippen LogP contribution in [0.1, 0.15) is 24.5 Å². The molecule has 2 rings (SSSR count). The zero-order valence-corrected chi connectivity index (χ0v) is 11.5. The predicted octanol–water partition coefficient (Wildman–Crippen LogP) is 1.37. The van der Waals surface area contributed by atoms with E-state index in [1.165, 1.54) is 0 Å². The molecule has 102 valence electrons. The normalized spacial score (nSPS) is 19.3. The Morgan fingerprint density at radius 1 is 1.42 bits per heavy atom. The molecule has 0 spiro atoms. The van der Waals surface area contributed by atoms with Gasteiger partial charge in [0, 0.05) is 18.2 Å². The van der Waals surface area contributed by atoms with Gasteiger partial charge in [-0.15, -0.1) is 0 Å². The van der Waals surface area contributed by atoms with Crippen molar-refractivity contribution in [2.24, 2.45) is 0 Å². The molecular weight excluding hydrogens is 242 g/mol. The number of carbonyl (C=O) groups is 2. The fourth-order valence-corrected chi connectivity index (χ4v) is 2.24. The van der Waals surface area contributed by atoms with Crippen LogP contribution < -0.4 is 10.7 Å². The molecule has 0 bridgehead atoms. The van der Waals surface area contributed by atoms with Crippen LogP contribution in [0.4, 0.5) is 5.69 Å². The minimum atomic E-state index is -0.119. The van der Waals surface area contributed by atoms with Crippen LogP contribution in [-0.2, 0) is 9.59 Å². The Morgan fingerprint density at radius 3 is 2.58 bits per heavy atom. The maximum absolute atomic E-state index is 12.0. The monoisotopic (exact) mass is 261 g/mol. The topological polar surface area (TPSA) is 61.4 Å². The van der Waals surface area contributed by atoms with Crippen molar-refractivity contribution in [3.63, 3.8) is 0 Å². The number of hydrogen-bond acceptors (Lipinski definition) is 3. The Hall–Kier alpha value is -1.88. The van der Waals surface area contributed by atoms with Gasteiger partial charge in [-0.05, 0) is 31.9 Å². The van der Waals surface area contributed by atoms with E-state index in [9.17, 15) is 9.59 Å². The van der Waals surface area contributed by atoms with E-state index in [1.807, 2.05) is 39.0 Å². The van der Waals surface area contributed by atoms with Crippen molar-refractivity contribution < 1.29 is 9.59 Å². The number of para-hydroxylation sites is 1. The van der Waals surface area contributed by atoms with Gasteiger partial charge >= 0.3 is 0 Å². The first-order chi connectivity index (χ1) is 8.97. The Kier molecular flexibility index (Phi) is 3.85. The number of hydrazine groups is 1. The van der Waals surface area contributed by atoms with Gasteiger partial charge in [0.05, 0.1) is 6.54 Å². The molecule has 1 aromatic rings. The highest BCUT2D eigenvalue weighted by Crippen LogP contribution is 2.19. The summed E-state index contributed by atoms with van der Waals surface area (Å²) in [4.78, 5) is 23.2. The third-order valence-corrected chi connectivity index (χ3v) is 3.34. The lowest BCUT2D eigenvalue weighted by atomic mass is 10.1. The fourth-order valence-electron chi connectivity index (χ4n) is 2.24. The van der Waals surface area contributed by atoms with Gasteiger partial charge in [-0.25, -0.2) is 5.01 Å². The number of hydrogen-bond donors (Lipinski definition) is 2. The van der Waals surface area contributed by atoms with Crippen molar-refractivity contribution in [1.82, 2.24) is 10.4 Å². The minimum absolute atomic E-state index is 0.0348. The minimum Gasteiger partial charge on any atom is -0.324 e. The van der Waals surface area contributed by atoms with Crippen LogP contribution in [0.25, 0.3) is 0 Å². The summed E-state index contributed by atoms with van der Waals surface area (Å²) in [7, 11) is 0. The van der Waals surface area contributed by atoms with Gasteiger partial charge in [-0.3, -0.25) is 15.0 Å². The zero-order chi connectivity index (χ0) is 14.0. The van der Waals surface area contributed by atoms with Crippen LogP contribution in [0.5, 0.6) is 0 Å². The second kappa shape index (κ2) is 5.40. The smallest absolute Gasteiger partial charge is 0.240 e. The molecule has 1 atom stereocenters. The highest BCUT2D eigenvalue weighted by atomic mass is 16.2. The second-order valence-corrected chi connectivity index (χ2v) is 5.03. The lowest BCUT2D eigenvalue weighted by Gasteiger charge is -2.20. The largest absolute Gasteiger partial charge is 0.324 e. The molecule has 5 heteroatoms. The molecule has 5 nitrogen and oxygen atoms in total. The third kappa shape index (κ3) is 3.12. The number of nitrogens with one attached hydrogen (secondary N) is 2. The number of aryl methyl sites for hydroxylation is 2. The molecule has 1 aromatic carbocycles. The molecule has 1 heterocycles. The van der Waals surface area contributed by atoms with Gasteiger partial charge in [-0.1, -0.05) is 18.2 Å². The molecule has 0 aliphatic carbocycles. The van der Waals surface area contributed by atoms with Crippen LogP contribution >= 0.6 is 0 Å². The van der Waals surface area contributed by atoms with Crippen LogP contribution in [0.3, 0.4) is 0 Å². The summed E-state index contributed by atoms with van der Waals surface area (Å²) in [5.74, 6) is -0.154. The number of amides is 2. The van der Waals surface area contributed by atoms with Crippen LogP contribution in [0.2, 0.25) is 0 Å². The van der Waals surface area contributed by atoms with Crippen molar-refractivity contribution in [3.05, 3.63) is 29.3 Å². The molecule has 1 aliphatic rings. The molecule has 0 aromatic heterocycles. The highest BCUT2D eigenvalue weighted by molar-refractivity contribution is 5.94. The van der Waals surface area contributed by atoms with Gasteiger partial charge in [-0.2, -0.15) is 0 Å². The van der Waals surface area contributed by atoms with Crippen LogP contribution in [0.15, 0.2) is 18.2 Å². The Morgan fingerprint density at radius 2 is 2.05 bits per heavy atom. The number of carbonyl (C=O) groups excluding carboxylic acids is 2. The van der Waals surface area contributed by atoms with Gasteiger partial charge in [0.2, 0.25) is 11.8 Å². The van der Waals surface area contributed by atoms with E-state index in [4.69, 9.17) is 0 Å². The van der Waals surface area contributed by atoms with Gasteiger partial charge < -0.3 is 5.32 Å². The van der Waals surface area contributed by atoms with Crippen molar-refractivity contribution in [3.8, 4) is 0 Å². The van der Waals surface area contributed by atoms with E-state index in [1.54, 1.807) is 5.01 Å². The molecule has 1 aliphatic heterocycles. The third-order valence-electron chi connectivity index (χ3n) is 3.34. The van der Waals surface area contributed by atoms with Crippen molar-refractivity contribution in [2.75, 3.05) is 11.9 Å². The maximum atomic E-state index is 12.0. The quantitative estimate of drug-likeness (QED) is 0.864. The van der Waals surface area contributed by atoms with Crippen molar-refractivity contribution >= 4 is 17.5 Å². The molecule has 1 unspecified atom stereocenters. The lowest BCUT2D eigenvalue weighted by molar-refractivity contribution is -0.122. The Bertz CT molecular complexity index is 493. The number of benzene rings is 1. The average Bonchev–Trinajstić information content (AvgIpc) is 2.63. The summed E-state index contributed by atoms with van der Waals surface area (Å²) in [5.41, 5.74) is 5.60. The molecule has 2 N–H and O–H groups in total. The van der Waals surface area contributed by atoms with E-state index >= 15 is 0 Å². The second-order valence-electron chi connectivity index (χ2n) is 5.03. The number of nitrogens with zero attached hydrogens (tertiary/aromatic N) is 1. The van der Waals surface area contributed by atoms with Gasteiger partial charge in [0.15, 0.2) is 0 Å². The summed E-state index contributed by atoms with van der Waals surface area (Å²) in [6, 6.07) is 5.94. The maximum Gasteiger partial charge on any atom is 0.240 e. The summed E-state index contributed by atoms with van der Waals surface area (Å²) in [6.45, 7) is 6.01. The average molecular weight is 261 g/mol. The molecule has 0 saturated carbocycles. The number of rotatable bonds is 3. The molecule has 2 amide bonds. The summed E-state index contributed by atoms with van der Waals surface area (Å²) >= 11 is 0. The molecule has 1 fully saturated rings. The fraction of sp³-hybridized carbons (Fsp3) is 0.429. The zero-order valence-electron chi connectivity index (χ0n) is 11.5. The van der Waals surface area contributed by atoms with Gasteiger partial charge in [0.25, 0.3) is 0 Å². The van der Waals surface area contributed by atoms with Crippen LogP contribution in [0, 0.1) is 13.8 Å². The van der Waals surface area contributed by atoms with E-state index in [2.05, 4.69) is 10.7 Å². The van der Waals surface area contributed by atoms with E-state index < -0.39 is 0 Å². The molecule has 19 heavy (non-hydrogen) atoms. The standard InChI is InChI=1S/C14H19N3O2/c1-9-5-4-6-10(2)14(9)15-13(19)8-17-11(3)7-12(18)16-17/h4-6,11H,7-8H2,1-3H3,(H,15,19)(H,16,18). The first-order valence-electron chi connectivity index (χ1n) is 6.39. The predicted molar refractivity (Wildman–Crippen MR) is 73.5 cm³/mol. The van der Waals surface area contributed by atoms with Crippen LogP contribution in [-0.4, -0.2) is 29.4 Å². The Balaban J connectivity index is 2.00. The summed E-state index contributed by atoms with van der Waals surface area (Å²) in [5, 5.41) is 4.58. The highest BCUT2D eigenvalue weighted by Gasteiger charge is 2.27. The summed E-state index contributed by atoms with van der Waals surface area (Å²) in [6.07, 6.45) is 0.441. The first kappa shape index (κ1) is 13.5. The van der Waals surface area contributed by atoms with Crippen molar-refractivity contribution in [2.45, 2.75) is 33.2 Å². The number of anilines is 1. The lowest BCUT2D eigenvalue weighted by Crippen LogP contribution is -2.42. The van der Waals surface area contributed by atoms with E-state index in [-0.39, 0.29) is 24.4 Å². The summed E-state index contributed by atoms with van der Waals surface area (Å²) < 4.78 is 0. The van der Waals surface area contributed by atoms with Crippen molar-refractivity contribution in [1.29, 1.82) is 0 Å². The molecular formula is C14H19N3O2. The molecule has 1 saturated heterocycles. The first-order valence-corrected chi connectivity index (χ1v) is 6.39. The van der Waals surface area contributed by atoms with E-state index in [0.29, 0.717) is 6.42 Å². The SMILES string of the molecule is Cc1cccc(C)c1NC(=O)CN1NC(=O)CC1C. The molecule has 0 radical (unpaired) electrons. The van der Waals surface area contributed by atoms with Gasteiger partial charge in [0.1, 0.15) is 0 Å². The Labute approximate surface area is 112 Å².